The summed E-state index contributed by atoms with van der Waals surface area (Å²) in [6.45, 7) is 11.7. The molecule has 30 heavy (non-hydrogen) atoms. The van der Waals surface area contributed by atoms with E-state index in [2.05, 4.69) is 4.40 Å². The molecule has 0 radical (unpaired) electrons. The molecule has 1 spiro atoms. The number of rotatable bonds is 1. The number of piperidine rings is 1. The number of ether oxygens (including phenoxy) is 1. The number of hydrogen-bond donors (Lipinski definition) is 0. The van der Waals surface area contributed by atoms with Crippen LogP contribution in [0.4, 0.5) is 13.6 Å². The zero-order valence-electron chi connectivity index (χ0n) is 18.5. The van der Waals surface area contributed by atoms with E-state index in [4.69, 9.17) is 4.74 Å². The number of benzene rings is 1. The van der Waals surface area contributed by atoms with Crippen LogP contribution in [0.15, 0.2) is 16.5 Å². The Morgan fingerprint density at radius 1 is 1.17 bits per heavy atom. The van der Waals surface area contributed by atoms with Crippen LogP contribution < -0.4 is 0 Å². The molecule has 0 aromatic heterocycles. The van der Waals surface area contributed by atoms with Crippen LogP contribution >= 0.6 is 0 Å². The summed E-state index contributed by atoms with van der Waals surface area (Å²) in [5, 5.41) is 0. The molecule has 1 amide bonds. The minimum absolute atomic E-state index is 0.358. The lowest BCUT2D eigenvalue weighted by Gasteiger charge is -2.39. The minimum Gasteiger partial charge on any atom is -0.591 e. The van der Waals surface area contributed by atoms with E-state index in [1.165, 1.54) is 6.07 Å². The first-order chi connectivity index (χ1) is 13.7. The Morgan fingerprint density at radius 2 is 1.77 bits per heavy atom. The van der Waals surface area contributed by atoms with Gasteiger partial charge in [0.25, 0.3) is 0 Å². The molecule has 3 rings (SSSR count). The first kappa shape index (κ1) is 23.0. The number of carbonyl (C=O) groups excluding carboxylic acids is 1. The van der Waals surface area contributed by atoms with Crippen LogP contribution in [0.5, 0.6) is 0 Å². The smallest absolute Gasteiger partial charge is 0.410 e. The molecule has 0 saturated carbocycles. The lowest BCUT2D eigenvalue weighted by atomic mass is 9.74. The largest absolute Gasteiger partial charge is 0.591 e. The van der Waals surface area contributed by atoms with E-state index in [1.807, 2.05) is 41.5 Å². The SMILES string of the molecule is CC(C)(C)OC(=O)N1CCC2(CC1)Cc1c(F)cc(F)cc1C2=N[S+]([O-])C(C)(C)C. The Hall–Kier alpha value is -1.67. The van der Waals surface area contributed by atoms with Gasteiger partial charge in [0.05, 0.1) is 0 Å². The van der Waals surface area contributed by atoms with Crippen molar-refractivity contribution in [3.8, 4) is 0 Å². The van der Waals surface area contributed by atoms with Gasteiger partial charge in [-0.25, -0.2) is 13.6 Å². The standard InChI is InChI=1S/C22H30F2N2O3S/c1-20(2,3)29-19(27)26-9-7-22(8-10-26)13-16-15(11-14(23)12-17(16)24)18(22)25-30(28)21(4,5)6/h11-12H,7-10,13H2,1-6H3. The van der Waals surface area contributed by atoms with Gasteiger partial charge in [-0.2, -0.15) is 0 Å². The third-order valence-electron chi connectivity index (χ3n) is 5.50. The van der Waals surface area contributed by atoms with Gasteiger partial charge in [-0.05, 0) is 72.4 Å². The quantitative estimate of drug-likeness (QED) is 0.590. The predicted molar refractivity (Wildman–Crippen MR) is 114 cm³/mol. The summed E-state index contributed by atoms with van der Waals surface area (Å²) in [5.74, 6) is -1.28. The second kappa shape index (κ2) is 7.79. The molecule has 1 unspecified atom stereocenters. The van der Waals surface area contributed by atoms with E-state index in [9.17, 15) is 18.1 Å². The second-order valence-corrected chi connectivity index (χ2v) is 12.0. The van der Waals surface area contributed by atoms with Crippen LogP contribution in [0.1, 0.15) is 65.5 Å². The Balaban J connectivity index is 1.93. The van der Waals surface area contributed by atoms with Crippen molar-refractivity contribution < 1.29 is 22.9 Å². The summed E-state index contributed by atoms with van der Waals surface area (Å²) in [4.78, 5) is 14.1. The number of halogens is 2. The number of nitrogens with zero attached hydrogens (tertiary/aromatic N) is 2. The van der Waals surface area contributed by atoms with Gasteiger partial charge in [-0.1, -0.05) is 4.40 Å². The molecule has 1 aromatic carbocycles. The Bertz CT molecular complexity index is 866. The topological polar surface area (TPSA) is 65.0 Å². The zero-order chi connectivity index (χ0) is 22.5. The predicted octanol–water partition coefficient (Wildman–Crippen LogP) is 4.79. The van der Waals surface area contributed by atoms with Crippen molar-refractivity contribution in [2.45, 2.75) is 71.2 Å². The van der Waals surface area contributed by atoms with Crippen LogP contribution in [0.25, 0.3) is 0 Å². The highest BCUT2D eigenvalue weighted by Crippen LogP contribution is 2.47. The maximum Gasteiger partial charge on any atom is 0.410 e. The fraction of sp³-hybridized carbons (Fsp3) is 0.636. The Labute approximate surface area is 180 Å². The highest BCUT2D eigenvalue weighted by atomic mass is 32.2. The molecule has 1 atom stereocenters. The summed E-state index contributed by atoms with van der Waals surface area (Å²) in [5.41, 5.74) is 0.138. The first-order valence-electron chi connectivity index (χ1n) is 10.2. The van der Waals surface area contributed by atoms with Crippen LogP contribution in [0, 0.1) is 17.0 Å². The van der Waals surface area contributed by atoms with Crippen molar-refractivity contribution in [1.82, 2.24) is 4.90 Å². The normalized spacial score (nSPS) is 21.1. The number of amides is 1. The third kappa shape index (κ3) is 4.64. The van der Waals surface area contributed by atoms with Gasteiger partial charge in [-0.15, -0.1) is 0 Å². The van der Waals surface area contributed by atoms with Crippen molar-refractivity contribution in [2.75, 3.05) is 13.1 Å². The molecule has 1 saturated heterocycles. The molecule has 1 aliphatic heterocycles. The van der Waals surface area contributed by atoms with E-state index < -0.39 is 38.8 Å². The molecule has 1 fully saturated rings. The van der Waals surface area contributed by atoms with Crippen LogP contribution in [-0.2, 0) is 22.5 Å². The van der Waals surface area contributed by atoms with E-state index in [-0.39, 0.29) is 6.09 Å². The number of carbonyl (C=O) groups is 1. The van der Waals surface area contributed by atoms with Gasteiger partial charge in [-0.3, -0.25) is 0 Å². The monoisotopic (exact) mass is 440 g/mol. The molecule has 1 aliphatic carbocycles. The van der Waals surface area contributed by atoms with Crippen LogP contribution in [-0.4, -0.2) is 44.7 Å². The van der Waals surface area contributed by atoms with E-state index in [0.29, 0.717) is 49.2 Å². The highest BCUT2D eigenvalue weighted by Gasteiger charge is 2.49. The van der Waals surface area contributed by atoms with Gasteiger partial charge in [0.15, 0.2) is 0 Å². The second-order valence-electron chi connectivity index (χ2n) is 10.1. The van der Waals surface area contributed by atoms with Crippen molar-refractivity contribution in [3.63, 3.8) is 0 Å². The molecule has 166 valence electrons. The average molecular weight is 441 g/mol. The summed E-state index contributed by atoms with van der Waals surface area (Å²) < 4.78 is 50.7. The molecule has 2 aliphatic rings. The maximum absolute atomic E-state index is 14.6. The maximum atomic E-state index is 14.6. The number of likely N-dealkylation sites (tertiary alicyclic amines) is 1. The number of hydrogen-bond acceptors (Lipinski definition) is 4. The van der Waals surface area contributed by atoms with Gasteiger partial charge in [0.2, 0.25) is 0 Å². The average Bonchev–Trinajstić information content (AvgIpc) is 2.87. The molecule has 1 heterocycles. The molecule has 0 bridgehead atoms. The third-order valence-corrected chi connectivity index (χ3v) is 6.90. The fourth-order valence-corrected chi connectivity index (χ4v) is 4.66. The lowest BCUT2D eigenvalue weighted by molar-refractivity contribution is 0.0159. The van der Waals surface area contributed by atoms with Crippen LogP contribution in [0.2, 0.25) is 0 Å². The van der Waals surface area contributed by atoms with Gasteiger partial charge < -0.3 is 14.2 Å². The summed E-state index contributed by atoms with van der Waals surface area (Å²) in [6, 6.07) is 2.16. The Kier molecular flexibility index (Phi) is 5.97. The van der Waals surface area contributed by atoms with E-state index in [1.54, 1.807) is 4.90 Å². The Morgan fingerprint density at radius 3 is 2.30 bits per heavy atom. The molecule has 0 N–H and O–H groups in total. The van der Waals surface area contributed by atoms with Crippen LogP contribution in [0.3, 0.4) is 0 Å². The fourth-order valence-electron chi connectivity index (χ4n) is 3.93. The van der Waals surface area contributed by atoms with E-state index >= 15 is 0 Å². The van der Waals surface area contributed by atoms with Gasteiger partial charge in [0.1, 0.15) is 39.1 Å². The van der Waals surface area contributed by atoms with Crippen molar-refractivity contribution in [1.29, 1.82) is 0 Å². The summed E-state index contributed by atoms with van der Waals surface area (Å²) in [6.07, 6.45) is 1.00. The zero-order valence-corrected chi connectivity index (χ0v) is 19.3. The van der Waals surface area contributed by atoms with Crippen molar-refractivity contribution in [2.24, 2.45) is 9.81 Å². The summed E-state index contributed by atoms with van der Waals surface area (Å²) in [7, 11) is 0. The molecular weight excluding hydrogens is 410 g/mol. The minimum atomic E-state index is -1.57. The van der Waals surface area contributed by atoms with Crippen molar-refractivity contribution in [3.05, 3.63) is 34.9 Å². The first-order valence-corrected chi connectivity index (χ1v) is 11.3. The number of fused-ring (bicyclic) bond motifs is 1. The molecular formula is C22H30F2N2O3S. The van der Waals surface area contributed by atoms with Crippen molar-refractivity contribution >= 4 is 23.2 Å². The lowest BCUT2D eigenvalue weighted by Crippen LogP contribution is -2.47. The highest BCUT2D eigenvalue weighted by molar-refractivity contribution is 7.91. The molecule has 1 aromatic rings. The molecule has 5 nitrogen and oxygen atoms in total. The summed E-state index contributed by atoms with van der Waals surface area (Å²) >= 11 is -1.57. The van der Waals surface area contributed by atoms with Gasteiger partial charge >= 0.3 is 6.09 Å². The van der Waals surface area contributed by atoms with E-state index in [0.717, 1.165) is 6.07 Å². The van der Waals surface area contributed by atoms with Gasteiger partial charge in [0, 0.05) is 30.1 Å². The molecule has 8 heteroatoms.